The third-order valence-electron chi connectivity index (χ3n) is 2.15. The van der Waals surface area contributed by atoms with Crippen LogP contribution in [0, 0.1) is 0 Å². The van der Waals surface area contributed by atoms with Gasteiger partial charge in [0, 0.05) is 12.8 Å². The topological polar surface area (TPSA) is 0 Å². The molecule has 0 aliphatic carbocycles. The second-order valence-corrected chi connectivity index (χ2v) is 4.45. The highest BCUT2D eigenvalue weighted by atomic mass is 127. The highest BCUT2D eigenvalue weighted by molar-refractivity contribution is 14.1. The van der Waals surface area contributed by atoms with Crippen LogP contribution in [-0.4, -0.2) is 34.5 Å². The predicted octanol–water partition coefficient (Wildman–Crippen LogP) is 5.01. The molecule has 0 saturated carbocycles. The van der Waals surface area contributed by atoms with Crippen molar-refractivity contribution < 1.29 is 43.9 Å². The zero-order valence-corrected chi connectivity index (χ0v) is 11.0. The molecular formula is C8H7F10I. The first kappa shape index (κ1) is 19.0. The zero-order chi connectivity index (χ0) is 15.7. The fraction of sp³-hybridized carbons (Fsp3) is 1.00. The minimum atomic E-state index is -6.42. The van der Waals surface area contributed by atoms with Crippen molar-refractivity contribution >= 4 is 22.6 Å². The van der Waals surface area contributed by atoms with E-state index in [4.69, 9.17) is 0 Å². The minimum Gasteiger partial charge on any atom is -0.206 e. The summed E-state index contributed by atoms with van der Waals surface area (Å²) < 4.78 is 123. The van der Waals surface area contributed by atoms with Crippen LogP contribution in [0.15, 0.2) is 0 Å². The van der Waals surface area contributed by atoms with E-state index in [0.717, 1.165) is 22.6 Å². The van der Waals surface area contributed by atoms with Crippen molar-refractivity contribution in [2.45, 2.75) is 43.0 Å². The number of halogens is 11. The molecule has 0 heterocycles. The Morgan fingerprint density at radius 1 is 0.789 bits per heavy atom. The molecule has 11 heteroatoms. The smallest absolute Gasteiger partial charge is 0.206 e. The molecule has 19 heavy (non-hydrogen) atoms. The van der Waals surface area contributed by atoms with Gasteiger partial charge in [-0.3, -0.25) is 0 Å². The van der Waals surface area contributed by atoms with Gasteiger partial charge in [0.25, 0.3) is 5.92 Å². The van der Waals surface area contributed by atoms with Gasteiger partial charge in [-0.05, 0) is 0 Å². The molecule has 0 saturated heterocycles. The molecule has 0 aromatic heterocycles. The molecule has 0 atom stereocenters. The van der Waals surface area contributed by atoms with Crippen molar-refractivity contribution in [2.24, 2.45) is 0 Å². The highest BCUT2D eigenvalue weighted by Gasteiger charge is 2.75. The molecule has 116 valence electrons. The Kier molecular flexibility index (Phi) is 5.81. The fourth-order valence-electron chi connectivity index (χ4n) is 0.945. The first-order valence-corrected chi connectivity index (χ1v) is 6.09. The highest BCUT2D eigenvalue weighted by Crippen LogP contribution is 2.50. The summed E-state index contributed by atoms with van der Waals surface area (Å²) in [7, 11) is 0. The number of alkyl halides is 11. The van der Waals surface area contributed by atoms with Gasteiger partial charge >= 0.3 is 24.2 Å². The predicted molar refractivity (Wildman–Crippen MR) is 53.9 cm³/mol. The molecule has 0 aliphatic rings. The Morgan fingerprint density at radius 2 is 1.21 bits per heavy atom. The monoisotopic (exact) mass is 420 g/mol. The fourth-order valence-corrected chi connectivity index (χ4v) is 1.33. The van der Waals surface area contributed by atoms with Gasteiger partial charge in [0.15, 0.2) is 0 Å². The summed E-state index contributed by atoms with van der Waals surface area (Å²) in [5.74, 6) is -22.2. The van der Waals surface area contributed by atoms with Gasteiger partial charge in [-0.1, -0.05) is 22.6 Å². The van der Waals surface area contributed by atoms with Gasteiger partial charge in [-0.15, -0.1) is 0 Å². The molecule has 0 nitrogen and oxygen atoms in total. The Bertz CT molecular complexity index is 300. The Hall–Kier alpha value is 0.0300. The van der Waals surface area contributed by atoms with E-state index in [0.29, 0.717) is 0 Å². The van der Waals surface area contributed by atoms with E-state index in [-0.39, 0.29) is 0 Å². The van der Waals surface area contributed by atoms with Crippen LogP contribution < -0.4 is 0 Å². The van der Waals surface area contributed by atoms with Gasteiger partial charge in [0.1, 0.15) is 0 Å². The van der Waals surface area contributed by atoms with E-state index in [9.17, 15) is 43.9 Å². The molecule has 0 rings (SSSR count). The van der Waals surface area contributed by atoms with Gasteiger partial charge < -0.3 is 0 Å². The molecule has 0 fully saturated rings. The molecule has 0 amide bonds. The van der Waals surface area contributed by atoms with Crippen molar-refractivity contribution in [3.63, 3.8) is 0 Å². The van der Waals surface area contributed by atoms with Crippen LogP contribution in [0.4, 0.5) is 43.9 Å². The van der Waals surface area contributed by atoms with Gasteiger partial charge in [-0.2, -0.15) is 26.3 Å². The molecule has 0 unspecified atom stereocenters. The Balaban J connectivity index is 5.08. The third kappa shape index (κ3) is 4.00. The van der Waals surface area contributed by atoms with Crippen molar-refractivity contribution in [3.05, 3.63) is 0 Å². The van der Waals surface area contributed by atoms with Crippen molar-refractivity contribution in [2.75, 3.05) is 4.43 Å². The Labute approximate surface area is 114 Å². The lowest BCUT2D eigenvalue weighted by atomic mass is 9.99. The molecule has 0 aromatic rings. The van der Waals surface area contributed by atoms with Crippen molar-refractivity contribution in [1.82, 2.24) is 0 Å². The maximum absolute atomic E-state index is 12.8. The molecule has 0 bridgehead atoms. The summed E-state index contributed by atoms with van der Waals surface area (Å²) in [6.07, 6.45) is -9.20. The van der Waals surface area contributed by atoms with E-state index in [2.05, 4.69) is 0 Å². The quantitative estimate of drug-likeness (QED) is 0.309. The van der Waals surface area contributed by atoms with Gasteiger partial charge in [0.2, 0.25) is 0 Å². The zero-order valence-electron chi connectivity index (χ0n) is 8.86. The average molecular weight is 420 g/mol. The first-order chi connectivity index (χ1) is 8.21. The summed E-state index contributed by atoms with van der Waals surface area (Å²) in [6.45, 7) is 0. The van der Waals surface area contributed by atoms with Gasteiger partial charge in [-0.25, -0.2) is 17.6 Å². The molecule has 0 aromatic carbocycles. The lowest BCUT2D eigenvalue weighted by Crippen LogP contribution is -2.57. The van der Waals surface area contributed by atoms with Crippen LogP contribution in [0.2, 0.25) is 0 Å². The van der Waals surface area contributed by atoms with Crippen LogP contribution in [0.3, 0.4) is 0 Å². The molecule has 0 radical (unpaired) electrons. The normalized spacial score (nSPS) is 15.2. The summed E-state index contributed by atoms with van der Waals surface area (Å²) in [6, 6.07) is 0. The number of hydrogen-bond acceptors (Lipinski definition) is 0. The maximum atomic E-state index is 12.8. The van der Waals surface area contributed by atoms with Gasteiger partial charge in [0.05, 0.1) is 4.43 Å². The SMILES string of the molecule is FC(F)C(F)(F)C(F)(F)C(F)(F)CCC(F)(F)CI. The minimum absolute atomic E-state index is 1.00. The molecular weight excluding hydrogens is 413 g/mol. The summed E-state index contributed by atoms with van der Waals surface area (Å²) in [4.78, 5) is 0. The molecule has 0 spiro atoms. The van der Waals surface area contributed by atoms with E-state index >= 15 is 0 Å². The Morgan fingerprint density at radius 3 is 1.53 bits per heavy atom. The average Bonchev–Trinajstić information content (AvgIpc) is 2.26. The van der Waals surface area contributed by atoms with E-state index in [1.54, 1.807) is 0 Å². The van der Waals surface area contributed by atoms with Crippen molar-refractivity contribution in [3.8, 4) is 0 Å². The van der Waals surface area contributed by atoms with Crippen molar-refractivity contribution in [1.29, 1.82) is 0 Å². The van der Waals surface area contributed by atoms with E-state index < -0.39 is 47.4 Å². The lowest BCUT2D eigenvalue weighted by molar-refractivity contribution is -0.340. The summed E-state index contributed by atoms with van der Waals surface area (Å²) in [5.41, 5.74) is 0. The van der Waals surface area contributed by atoms with Crippen LogP contribution in [0.5, 0.6) is 0 Å². The van der Waals surface area contributed by atoms with Crippen LogP contribution in [0.1, 0.15) is 12.8 Å². The second kappa shape index (κ2) is 5.80. The number of hydrogen-bond donors (Lipinski definition) is 0. The maximum Gasteiger partial charge on any atom is 0.377 e. The largest absolute Gasteiger partial charge is 0.377 e. The summed E-state index contributed by atoms with van der Waals surface area (Å²) in [5, 5.41) is 0. The standard InChI is InChI=1S/C8H7F10I/c9-4(10)7(15,16)8(17,18)6(13,14)2-1-5(11,12)3-19/h4H,1-3H2. The molecule has 0 N–H and O–H groups in total. The van der Waals surface area contributed by atoms with E-state index in [1.807, 2.05) is 0 Å². The van der Waals surface area contributed by atoms with Crippen LogP contribution in [-0.2, 0) is 0 Å². The first-order valence-electron chi connectivity index (χ1n) is 4.56. The third-order valence-corrected chi connectivity index (χ3v) is 3.27. The van der Waals surface area contributed by atoms with E-state index in [1.165, 1.54) is 0 Å². The molecule has 0 aliphatic heterocycles. The summed E-state index contributed by atoms with van der Waals surface area (Å²) >= 11 is 1.08. The number of rotatable bonds is 7. The van der Waals surface area contributed by atoms with Crippen LogP contribution >= 0.6 is 22.6 Å². The lowest BCUT2D eigenvalue weighted by Gasteiger charge is -2.32. The second-order valence-electron chi connectivity index (χ2n) is 3.69. The van der Waals surface area contributed by atoms with Crippen LogP contribution in [0.25, 0.3) is 0 Å².